The minimum absolute atomic E-state index is 0. The van der Waals surface area contributed by atoms with E-state index in [1.807, 2.05) is 0 Å². The van der Waals surface area contributed by atoms with Gasteiger partial charge in [-0.15, -0.1) is 0 Å². The zero-order valence-corrected chi connectivity index (χ0v) is 5.30. The Balaban J connectivity index is -0.00000000500. The molecule has 0 heterocycles. The Morgan fingerprint density at radius 2 is 1.00 bits per heavy atom. The molecule has 0 N–H and O–H groups in total. The van der Waals surface area contributed by atoms with Crippen LogP contribution < -0.4 is 0 Å². The van der Waals surface area contributed by atoms with Gasteiger partial charge in [0.15, 0.2) is 0 Å². The molecular weight excluding hydrogens is 230 g/mol. The second kappa shape index (κ2) is 107. The molecule has 0 aliphatic heterocycles. The first kappa shape index (κ1) is 25.4. The van der Waals surface area contributed by atoms with E-state index in [1.165, 1.54) is 0 Å². The van der Waals surface area contributed by atoms with Crippen molar-refractivity contribution in [3.8, 4) is 0 Å². The van der Waals surface area contributed by atoms with Crippen LogP contribution in [-0.4, -0.2) is 0 Å². The standard InChI is InChI=1S/2CH3.O.Os/h2*1H3;;/q2*-1;;. The van der Waals surface area contributed by atoms with Crippen molar-refractivity contribution in [2.45, 2.75) is 0 Å². The van der Waals surface area contributed by atoms with Gasteiger partial charge in [-0.3, -0.25) is 0 Å². The molecule has 0 aliphatic carbocycles. The van der Waals surface area contributed by atoms with Crippen molar-refractivity contribution in [3.63, 3.8) is 0 Å². The van der Waals surface area contributed by atoms with E-state index in [0.29, 0.717) is 18.6 Å². The Morgan fingerprint density at radius 3 is 1.00 bits per heavy atom. The third-order valence-corrected chi connectivity index (χ3v) is 0. The van der Waals surface area contributed by atoms with Crippen molar-refractivity contribution in [1.82, 2.24) is 0 Å². The molecule has 4 heavy (non-hydrogen) atoms. The molecule has 0 radical (unpaired) electrons. The summed E-state index contributed by atoms with van der Waals surface area (Å²) < 4.78 is 8.28. The molecule has 1 nitrogen and oxygen atoms in total. The van der Waals surface area contributed by atoms with Crippen LogP contribution in [0.1, 0.15) is 0 Å². The zero-order valence-electron chi connectivity index (χ0n) is 2.76. The van der Waals surface area contributed by atoms with Gasteiger partial charge in [0.1, 0.15) is 0 Å². The fourth-order valence-electron chi connectivity index (χ4n) is 0. The predicted octanol–water partition coefficient (Wildman–Crippen LogP) is 0.779. The molecule has 0 aromatic carbocycles. The van der Waals surface area contributed by atoms with Gasteiger partial charge in [-0.05, 0) is 0 Å². The normalized spacial score (nSPS) is 1.25. The van der Waals surface area contributed by atoms with E-state index in [4.69, 9.17) is 3.54 Å². The molecule has 0 amide bonds. The van der Waals surface area contributed by atoms with Crippen molar-refractivity contribution in [2.75, 3.05) is 0 Å². The maximum absolute atomic E-state index is 8.28. The molecule has 0 aromatic heterocycles. The van der Waals surface area contributed by atoms with Crippen LogP contribution in [0.25, 0.3) is 0 Å². The summed E-state index contributed by atoms with van der Waals surface area (Å²) in [6.45, 7) is 0. The first-order valence-electron chi connectivity index (χ1n) is 0.144. The molecular formula is C2H6OOs-2. The van der Waals surface area contributed by atoms with Crippen molar-refractivity contribution in [3.05, 3.63) is 14.9 Å². The van der Waals surface area contributed by atoms with Crippen LogP contribution in [0.15, 0.2) is 0 Å². The van der Waals surface area contributed by atoms with Crippen LogP contribution in [0.2, 0.25) is 0 Å². The first-order valence-corrected chi connectivity index (χ1v) is 1.18. The van der Waals surface area contributed by atoms with Crippen molar-refractivity contribution in [1.29, 1.82) is 0 Å². The fourth-order valence-corrected chi connectivity index (χ4v) is 0. The summed E-state index contributed by atoms with van der Waals surface area (Å²) in [6.07, 6.45) is 0. The van der Waals surface area contributed by atoms with Gasteiger partial charge in [-0.1, -0.05) is 0 Å². The molecule has 30 valence electrons. The minimum atomic E-state index is 0. The molecule has 0 aliphatic rings. The number of hydrogen-bond acceptors (Lipinski definition) is 1. The molecule has 0 aromatic rings. The van der Waals surface area contributed by atoms with Gasteiger partial charge in [0.2, 0.25) is 0 Å². The monoisotopic (exact) mass is 238 g/mol. The molecule has 0 rings (SSSR count). The summed E-state index contributed by atoms with van der Waals surface area (Å²) in [5, 5.41) is 0. The summed E-state index contributed by atoms with van der Waals surface area (Å²) in [4.78, 5) is 0. The second-order valence-corrected chi connectivity index (χ2v) is 0. The third kappa shape index (κ3) is 26.4. The Morgan fingerprint density at radius 1 is 1.00 bits per heavy atom. The van der Waals surface area contributed by atoms with Crippen molar-refractivity contribution >= 4 is 0 Å². The summed E-state index contributed by atoms with van der Waals surface area (Å²) in [5.41, 5.74) is 0. The van der Waals surface area contributed by atoms with E-state index < -0.39 is 0 Å². The number of hydrogen-bond donors (Lipinski definition) is 0. The molecule has 0 atom stereocenters. The molecule has 0 spiro atoms. The van der Waals surface area contributed by atoms with E-state index in [-0.39, 0.29) is 14.9 Å². The Kier molecular flexibility index (Phi) is 680. The van der Waals surface area contributed by atoms with Crippen LogP contribution >= 0.6 is 0 Å². The molecule has 0 saturated heterocycles. The van der Waals surface area contributed by atoms with Crippen LogP contribution in [0.5, 0.6) is 0 Å². The van der Waals surface area contributed by atoms with Gasteiger partial charge in [-0.2, -0.15) is 0 Å². The molecule has 0 bridgehead atoms. The van der Waals surface area contributed by atoms with Gasteiger partial charge in [0, 0.05) is 0 Å². The topological polar surface area (TPSA) is 17.1 Å². The van der Waals surface area contributed by atoms with Crippen LogP contribution in [0, 0.1) is 14.9 Å². The van der Waals surface area contributed by atoms with E-state index in [9.17, 15) is 0 Å². The van der Waals surface area contributed by atoms with Crippen LogP contribution in [-0.2, 0) is 22.1 Å². The summed E-state index contributed by atoms with van der Waals surface area (Å²) >= 11 is 0.611. The van der Waals surface area contributed by atoms with Gasteiger partial charge in [0.05, 0.1) is 0 Å². The maximum atomic E-state index is 8.28. The Bertz CT molecular complexity index is 6.00. The first-order chi connectivity index (χ1) is 1.00. The molecule has 0 unspecified atom stereocenters. The Labute approximate surface area is 37.6 Å². The zero-order chi connectivity index (χ0) is 2.00. The number of rotatable bonds is 0. The summed E-state index contributed by atoms with van der Waals surface area (Å²) in [7, 11) is 0. The Hall–Kier alpha value is 0.436. The van der Waals surface area contributed by atoms with Crippen LogP contribution in [0.4, 0.5) is 0 Å². The average Bonchev–Trinajstić information content (AvgIpc) is 1.00. The third-order valence-electron chi connectivity index (χ3n) is 0. The van der Waals surface area contributed by atoms with Gasteiger partial charge in [0.25, 0.3) is 0 Å². The van der Waals surface area contributed by atoms with Gasteiger partial charge >= 0.3 is 22.1 Å². The van der Waals surface area contributed by atoms with E-state index in [2.05, 4.69) is 0 Å². The SMILES string of the molecule is [CH3-].[CH3-].[O]=[Os]. The van der Waals surface area contributed by atoms with Gasteiger partial charge < -0.3 is 14.9 Å². The summed E-state index contributed by atoms with van der Waals surface area (Å²) in [5.74, 6) is 0. The quantitative estimate of drug-likeness (QED) is 0.568. The van der Waals surface area contributed by atoms with E-state index >= 15 is 0 Å². The molecule has 2 heteroatoms. The van der Waals surface area contributed by atoms with Crippen molar-refractivity contribution in [2.24, 2.45) is 0 Å². The van der Waals surface area contributed by atoms with Gasteiger partial charge in [-0.25, -0.2) is 0 Å². The molecule has 0 fully saturated rings. The second-order valence-electron chi connectivity index (χ2n) is 0. The average molecular weight is 236 g/mol. The van der Waals surface area contributed by atoms with E-state index in [0.717, 1.165) is 0 Å². The van der Waals surface area contributed by atoms with E-state index in [1.54, 1.807) is 0 Å². The van der Waals surface area contributed by atoms with Crippen LogP contribution in [0.3, 0.4) is 0 Å². The predicted molar refractivity (Wildman–Crippen MR) is 13.5 cm³/mol. The fraction of sp³-hybridized carbons (Fsp3) is 0. The summed E-state index contributed by atoms with van der Waals surface area (Å²) in [6, 6.07) is 0. The molecule has 0 saturated carbocycles. The van der Waals surface area contributed by atoms with Crippen molar-refractivity contribution < 1.29 is 22.1 Å².